The summed E-state index contributed by atoms with van der Waals surface area (Å²) in [5.74, 6) is 1.47. The lowest BCUT2D eigenvalue weighted by atomic mass is 10.1. The van der Waals surface area contributed by atoms with Crippen molar-refractivity contribution in [2.24, 2.45) is 0 Å². The van der Waals surface area contributed by atoms with Crippen LogP contribution in [0.25, 0.3) is 0 Å². The van der Waals surface area contributed by atoms with Gasteiger partial charge in [0.1, 0.15) is 11.5 Å². The van der Waals surface area contributed by atoms with Crippen LogP contribution in [0.5, 0.6) is 11.5 Å². The van der Waals surface area contributed by atoms with Crippen molar-refractivity contribution in [1.29, 1.82) is 0 Å². The van der Waals surface area contributed by atoms with E-state index in [0.717, 1.165) is 17.7 Å². The highest BCUT2D eigenvalue weighted by molar-refractivity contribution is 5.76. The molecule has 1 atom stereocenters. The molecule has 2 rings (SSSR count). The molecule has 4 nitrogen and oxygen atoms in total. The first-order valence-corrected chi connectivity index (χ1v) is 8.10. The largest absolute Gasteiger partial charge is 0.497 e. The molecular formula is C20H25NO3. The van der Waals surface area contributed by atoms with Gasteiger partial charge in [-0.3, -0.25) is 4.79 Å². The number of benzene rings is 2. The maximum Gasteiger partial charge on any atom is 0.220 e. The van der Waals surface area contributed by atoms with Crippen molar-refractivity contribution in [3.63, 3.8) is 0 Å². The fraction of sp³-hybridized carbons (Fsp3) is 0.350. The molecule has 0 fully saturated rings. The number of methoxy groups -OCH3 is 2. The third-order valence-corrected chi connectivity index (χ3v) is 4.05. The van der Waals surface area contributed by atoms with E-state index in [0.29, 0.717) is 12.2 Å². The van der Waals surface area contributed by atoms with E-state index < -0.39 is 0 Å². The van der Waals surface area contributed by atoms with Gasteiger partial charge in [0.15, 0.2) is 0 Å². The first kappa shape index (κ1) is 17.9. The average molecular weight is 327 g/mol. The Hall–Kier alpha value is -2.49. The van der Waals surface area contributed by atoms with Crippen LogP contribution in [0.2, 0.25) is 0 Å². The van der Waals surface area contributed by atoms with E-state index >= 15 is 0 Å². The summed E-state index contributed by atoms with van der Waals surface area (Å²) in [6, 6.07) is 13.8. The lowest BCUT2D eigenvalue weighted by Gasteiger charge is -2.18. The van der Waals surface area contributed by atoms with Gasteiger partial charge in [-0.1, -0.05) is 29.8 Å². The van der Waals surface area contributed by atoms with Crippen LogP contribution in [0.1, 0.15) is 36.1 Å². The molecule has 1 unspecified atom stereocenters. The minimum atomic E-state index is -0.128. The number of rotatable bonds is 7. The van der Waals surface area contributed by atoms with Crippen molar-refractivity contribution >= 4 is 5.91 Å². The molecule has 0 aromatic heterocycles. The maximum absolute atomic E-state index is 12.2. The van der Waals surface area contributed by atoms with E-state index in [4.69, 9.17) is 9.47 Å². The molecule has 0 spiro atoms. The molecule has 0 saturated heterocycles. The third-order valence-electron chi connectivity index (χ3n) is 4.05. The summed E-state index contributed by atoms with van der Waals surface area (Å²) in [6.07, 6.45) is 1.20. The number of carbonyl (C=O) groups excluding carboxylic acids is 1. The van der Waals surface area contributed by atoms with Crippen LogP contribution < -0.4 is 14.8 Å². The van der Waals surface area contributed by atoms with E-state index in [-0.39, 0.29) is 11.9 Å². The highest BCUT2D eigenvalue weighted by Gasteiger charge is 2.15. The van der Waals surface area contributed by atoms with Gasteiger partial charge in [0, 0.05) is 18.1 Å². The van der Waals surface area contributed by atoms with Crippen molar-refractivity contribution in [2.45, 2.75) is 32.7 Å². The van der Waals surface area contributed by atoms with Gasteiger partial charge in [0.2, 0.25) is 5.91 Å². The van der Waals surface area contributed by atoms with Gasteiger partial charge in [0.25, 0.3) is 0 Å². The van der Waals surface area contributed by atoms with Crippen LogP contribution >= 0.6 is 0 Å². The SMILES string of the molecule is COc1ccc(C(C)NC(=O)CCc2ccc(C)cc2)c(OC)c1. The second kappa shape index (κ2) is 8.39. The Morgan fingerprint density at radius 3 is 2.42 bits per heavy atom. The normalized spacial score (nSPS) is 11.7. The number of carbonyl (C=O) groups is 1. The Balaban J connectivity index is 1.94. The van der Waals surface area contributed by atoms with E-state index in [9.17, 15) is 4.79 Å². The van der Waals surface area contributed by atoms with Crippen LogP contribution in [-0.2, 0) is 11.2 Å². The molecule has 0 heterocycles. The standard InChI is InChI=1S/C20H25NO3/c1-14-5-7-16(8-6-14)9-12-20(22)21-15(2)18-11-10-17(23-3)13-19(18)24-4/h5-8,10-11,13,15H,9,12H2,1-4H3,(H,21,22). The molecule has 0 aliphatic carbocycles. The zero-order valence-corrected chi connectivity index (χ0v) is 14.8. The van der Waals surface area contributed by atoms with Gasteiger partial charge in [-0.25, -0.2) is 0 Å². The number of aryl methyl sites for hydroxylation is 2. The summed E-state index contributed by atoms with van der Waals surface area (Å²) in [4.78, 5) is 12.2. The van der Waals surface area contributed by atoms with E-state index in [2.05, 4.69) is 36.5 Å². The molecule has 1 amide bonds. The summed E-state index contributed by atoms with van der Waals surface area (Å²) in [5.41, 5.74) is 3.33. The number of amides is 1. The van der Waals surface area contributed by atoms with Gasteiger partial charge in [-0.05, 0) is 38.0 Å². The van der Waals surface area contributed by atoms with Crippen molar-refractivity contribution in [2.75, 3.05) is 14.2 Å². The Labute approximate surface area is 143 Å². The monoisotopic (exact) mass is 327 g/mol. The minimum absolute atomic E-state index is 0.0287. The van der Waals surface area contributed by atoms with Gasteiger partial charge >= 0.3 is 0 Å². The van der Waals surface area contributed by atoms with Crippen LogP contribution in [0.15, 0.2) is 42.5 Å². The van der Waals surface area contributed by atoms with Gasteiger partial charge in [-0.2, -0.15) is 0 Å². The van der Waals surface area contributed by atoms with Crippen molar-refractivity contribution in [3.05, 3.63) is 59.2 Å². The molecular weight excluding hydrogens is 302 g/mol. The fourth-order valence-electron chi connectivity index (χ4n) is 2.58. The summed E-state index contributed by atoms with van der Waals surface area (Å²) in [6.45, 7) is 4.01. The molecule has 2 aromatic carbocycles. The Bertz CT molecular complexity index is 680. The second-order valence-electron chi connectivity index (χ2n) is 5.88. The van der Waals surface area contributed by atoms with Crippen LogP contribution in [0.4, 0.5) is 0 Å². The van der Waals surface area contributed by atoms with Crippen molar-refractivity contribution < 1.29 is 14.3 Å². The molecule has 0 aliphatic rings. The highest BCUT2D eigenvalue weighted by Crippen LogP contribution is 2.29. The van der Waals surface area contributed by atoms with Gasteiger partial charge < -0.3 is 14.8 Å². The lowest BCUT2D eigenvalue weighted by Crippen LogP contribution is -2.27. The van der Waals surface area contributed by atoms with Crippen molar-refractivity contribution in [1.82, 2.24) is 5.32 Å². The summed E-state index contributed by atoms with van der Waals surface area (Å²) in [5, 5.41) is 3.03. The number of hydrogen-bond donors (Lipinski definition) is 1. The number of hydrogen-bond acceptors (Lipinski definition) is 3. The van der Waals surface area contributed by atoms with Crippen LogP contribution in [-0.4, -0.2) is 20.1 Å². The lowest BCUT2D eigenvalue weighted by molar-refractivity contribution is -0.121. The zero-order valence-electron chi connectivity index (χ0n) is 14.8. The Morgan fingerprint density at radius 1 is 1.08 bits per heavy atom. The van der Waals surface area contributed by atoms with Crippen molar-refractivity contribution in [3.8, 4) is 11.5 Å². The highest BCUT2D eigenvalue weighted by atomic mass is 16.5. The van der Waals surface area contributed by atoms with E-state index in [1.165, 1.54) is 11.1 Å². The molecule has 24 heavy (non-hydrogen) atoms. The summed E-state index contributed by atoms with van der Waals surface area (Å²) < 4.78 is 10.6. The molecule has 4 heteroatoms. The first-order chi connectivity index (χ1) is 11.5. The molecule has 2 aromatic rings. The fourth-order valence-corrected chi connectivity index (χ4v) is 2.58. The summed E-state index contributed by atoms with van der Waals surface area (Å²) in [7, 11) is 3.23. The number of nitrogens with one attached hydrogen (secondary N) is 1. The quantitative estimate of drug-likeness (QED) is 0.841. The third kappa shape index (κ3) is 4.75. The maximum atomic E-state index is 12.2. The average Bonchev–Trinajstić information content (AvgIpc) is 2.60. The number of ether oxygens (including phenoxy) is 2. The van der Waals surface area contributed by atoms with Crippen LogP contribution in [0.3, 0.4) is 0 Å². The Morgan fingerprint density at radius 2 is 1.79 bits per heavy atom. The van der Waals surface area contributed by atoms with Gasteiger partial charge in [0.05, 0.1) is 20.3 Å². The van der Waals surface area contributed by atoms with E-state index in [1.54, 1.807) is 14.2 Å². The second-order valence-corrected chi connectivity index (χ2v) is 5.88. The molecule has 0 aliphatic heterocycles. The molecule has 1 N–H and O–H groups in total. The molecule has 0 radical (unpaired) electrons. The molecule has 0 bridgehead atoms. The molecule has 0 saturated carbocycles. The summed E-state index contributed by atoms with van der Waals surface area (Å²) >= 11 is 0. The smallest absolute Gasteiger partial charge is 0.220 e. The topological polar surface area (TPSA) is 47.6 Å². The predicted molar refractivity (Wildman–Crippen MR) is 95.6 cm³/mol. The first-order valence-electron chi connectivity index (χ1n) is 8.10. The van der Waals surface area contributed by atoms with Crippen LogP contribution in [0, 0.1) is 6.92 Å². The minimum Gasteiger partial charge on any atom is -0.497 e. The Kier molecular flexibility index (Phi) is 6.24. The van der Waals surface area contributed by atoms with Gasteiger partial charge in [-0.15, -0.1) is 0 Å². The molecule has 128 valence electrons. The van der Waals surface area contributed by atoms with E-state index in [1.807, 2.05) is 25.1 Å². The predicted octanol–water partition coefficient (Wildman–Crippen LogP) is 3.82. The zero-order chi connectivity index (χ0) is 17.5.